The van der Waals surface area contributed by atoms with E-state index in [4.69, 9.17) is 0 Å². The highest BCUT2D eigenvalue weighted by Gasteiger charge is 2.43. The predicted molar refractivity (Wildman–Crippen MR) is 81.8 cm³/mol. The molecule has 1 heterocycles. The number of carbonyl (C=O) groups excluding carboxylic acids is 1. The van der Waals surface area contributed by atoms with Gasteiger partial charge in [-0.25, -0.2) is 4.68 Å². The van der Waals surface area contributed by atoms with Crippen molar-refractivity contribution in [3.8, 4) is 0 Å². The van der Waals surface area contributed by atoms with Gasteiger partial charge in [-0.1, -0.05) is 17.3 Å². The highest BCUT2D eigenvalue weighted by molar-refractivity contribution is 5.85. The van der Waals surface area contributed by atoms with Crippen molar-refractivity contribution in [1.29, 1.82) is 0 Å². The fraction of sp³-hybridized carbons (Fsp3) is 0.438. The standard InChI is InChI=1S/C16H17N3O4/c1-9(20)11-7-6-10(14(11)16(22)23)8-19-15(21)12-4-2-3-5-13(12)17-18-19/h2-5,10-11,14H,6-8H2,1H3,(H,22,23)/t10-,11+,14-/m1/s1. The average Bonchev–Trinajstić information content (AvgIpc) is 2.94. The van der Waals surface area contributed by atoms with E-state index in [0.717, 1.165) is 0 Å². The van der Waals surface area contributed by atoms with Crippen LogP contribution in [0.4, 0.5) is 0 Å². The number of ketones is 1. The molecule has 120 valence electrons. The summed E-state index contributed by atoms with van der Waals surface area (Å²) in [4.78, 5) is 35.6. The lowest BCUT2D eigenvalue weighted by atomic mass is 9.87. The molecule has 1 aliphatic rings. The molecule has 1 aromatic heterocycles. The minimum atomic E-state index is -0.991. The second-order valence-electron chi connectivity index (χ2n) is 6.01. The number of benzene rings is 1. The van der Waals surface area contributed by atoms with Gasteiger partial charge in [-0.15, -0.1) is 5.10 Å². The zero-order valence-corrected chi connectivity index (χ0v) is 12.7. The lowest BCUT2D eigenvalue weighted by molar-refractivity contribution is -0.147. The Labute approximate surface area is 131 Å². The Balaban J connectivity index is 1.93. The third kappa shape index (κ3) is 2.74. The van der Waals surface area contributed by atoms with Gasteiger partial charge in [0, 0.05) is 5.92 Å². The number of nitrogens with zero attached hydrogens (tertiary/aromatic N) is 3. The molecule has 1 aliphatic carbocycles. The molecule has 0 saturated heterocycles. The Hall–Kier alpha value is -2.57. The Morgan fingerprint density at radius 2 is 2.04 bits per heavy atom. The van der Waals surface area contributed by atoms with E-state index in [1.165, 1.54) is 11.6 Å². The van der Waals surface area contributed by atoms with Gasteiger partial charge in [0.05, 0.1) is 17.8 Å². The zero-order chi connectivity index (χ0) is 16.6. The van der Waals surface area contributed by atoms with Crippen molar-refractivity contribution in [3.05, 3.63) is 34.6 Å². The van der Waals surface area contributed by atoms with Crippen LogP contribution >= 0.6 is 0 Å². The first-order valence-electron chi connectivity index (χ1n) is 7.55. The van der Waals surface area contributed by atoms with Crippen LogP contribution in [0.25, 0.3) is 10.9 Å². The van der Waals surface area contributed by atoms with E-state index >= 15 is 0 Å². The van der Waals surface area contributed by atoms with Gasteiger partial charge in [0.15, 0.2) is 0 Å². The molecule has 0 unspecified atom stereocenters. The maximum Gasteiger partial charge on any atom is 0.307 e. The van der Waals surface area contributed by atoms with Crippen molar-refractivity contribution in [2.24, 2.45) is 17.8 Å². The molecule has 7 heteroatoms. The van der Waals surface area contributed by atoms with E-state index < -0.39 is 17.8 Å². The fourth-order valence-corrected chi connectivity index (χ4v) is 3.48. The van der Waals surface area contributed by atoms with Gasteiger partial charge in [-0.2, -0.15) is 0 Å². The predicted octanol–water partition coefficient (Wildman–Crippen LogP) is 1.11. The van der Waals surface area contributed by atoms with Crippen LogP contribution in [0.1, 0.15) is 19.8 Å². The van der Waals surface area contributed by atoms with Crippen molar-refractivity contribution >= 4 is 22.7 Å². The Morgan fingerprint density at radius 3 is 2.74 bits per heavy atom. The Kier molecular flexibility index (Phi) is 3.94. The van der Waals surface area contributed by atoms with E-state index in [2.05, 4.69) is 10.3 Å². The van der Waals surface area contributed by atoms with Crippen molar-refractivity contribution in [3.63, 3.8) is 0 Å². The highest BCUT2D eigenvalue weighted by Crippen LogP contribution is 2.38. The first kappa shape index (κ1) is 15.3. The fourth-order valence-electron chi connectivity index (χ4n) is 3.48. The van der Waals surface area contributed by atoms with Crippen LogP contribution in [0.5, 0.6) is 0 Å². The highest BCUT2D eigenvalue weighted by atomic mass is 16.4. The summed E-state index contributed by atoms with van der Waals surface area (Å²) in [6.45, 7) is 1.59. The molecule has 0 spiro atoms. The summed E-state index contributed by atoms with van der Waals surface area (Å²) in [5, 5.41) is 17.8. The molecule has 1 saturated carbocycles. The number of hydrogen-bond donors (Lipinski definition) is 1. The summed E-state index contributed by atoms with van der Waals surface area (Å²) >= 11 is 0. The first-order valence-corrected chi connectivity index (χ1v) is 7.55. The molecule has 0 bridgehead atoms. The Bertz CT molecular complexity index is 829. The molecular formula is C16H17N3O4. The quantitative estimate of drug-likeness (QED) is 0.906. The molecule has 7 nitrogen and oxygen atoms in total. The van der Waals surface area contributed by atoms with Gasteiger partial charge in [0.25, 0.3) is 5.56 Å². The van der Waals surface area contributed by atoms with Crippen molar-refractivity contribution < 1.29 is 14.7 Å². The normalized spacial score (nSPS) is 24.0. The molecule has 1 N–H and O–H groups in total. The third-order valence-electron chi connectivity index (χ3n) is 4.63. The molecule has 0 radical (unpaired) electrons. The molecule has 2 aromatic rings. The zero-order valence-electron chi connectivity index (χ0n) is 12.7. The summed E-state index contributed by atoms with van der Waals surface area (Å²) in [6.07, 6.45) is 1.12. The molecular weight excluding hydrogens is 298 g/mol. The maximum absolute atomic E-state index is 12.5. The van der Waals surface area contributed by atoms with Gasteiger partial charge >= 0.3 is 5.97 Å². The van der Waals surface area contributed by atoms with Crippen LogP contribution in [0, 0.1) is 17.8 Å². The van der Waals surface area contributed by atoms with Crippen molar-refractivity contribution in [2.45, 2.75) is 26.3 Å². The van der Waals surface area contributed by atoms with Crippen LogP contribution < -0.4 is 5.56 Å². The lowest BCUT2D eigenvalue weighted by Crippen LogP contribution is -2.34. The molecule has 0 amide bonds. The smallest absolute Gasteiger partial charge is 0.307 e. The molecule has 0 aliphatic heterocycles. The lowest BCUT2D eigenvalue weighted by Gasteiger charge is -2.19. The SMILES string of the molecule is CC(=O)[C@@H]1CC[C@H](Cn2nnc3ccccc3c2=O)[C@H]1C(=O)O. The Morgan fingerprint density at radius 1 is 1.30 bits per heavy atom. The van der Waals surface area contributed by atoms with Crippen LogP contribution in [-0.2, 0) is 16.1 Å². The number of hydrogen-bond acceptors (Lipinski definition) is 5. The molecule has 23 heavy (non-hydrogen) atoms. The number of carbonyl (C=O) groups is 2. The third-order valence-corrected chi connectivity index (χ3v) is 4.63. The van der Waals surface area contributed by atoms with E-state index in [1.54, 1.807) is 24.3 Å². The molecule has 1 aromatic carbocycles. The van der Waals surface area contributed by atoms with Gasteiger partial charge in [-0.05, 0) is 37.8 Å². The van der Waals surface area contributed by atoms with Crippen molar-refractivity contribution in [1.82, 2.24) is 15.0 Å². The minimum Gasteiger partial charge on any atom is -0.481 e. The monoisotopic (exact) mass is 315 g/mol. The number of carboxylic acids is 1. The summed E-state index contributed by atoms with van der Waals surface area (Å²) in [5.74, 6) is -2.66. The van der Waals surface area contributed by atoms with Gasteiger partial charge in [0.2, 0.25) is 0 Å². The molecule has 3 atom stereocenters. The van der Waals surface area contributed by atoms with Gasteiger partial charge < -0.3 is 5.11 Å². The summed E-state index contributed by atoms with van der Waals surface area (Å²) in [7, 11) is 0. The number of carboxylic acid groups (broad SMARTS) is 1. The largest absolute Gasteiger partial charge is 0.481 e. The number of Topliss-reactive ketones (excluding diaryl/α,β-unsaturated/α-hetero) is 1. The number of rotatable bonds is 4. The second-order valence-corrected chi connectivity index (χ2v) is 6.01. The number of aliphatic carboxylic acids is 1. The summed E-state index contributed by atoms with van der Waals surface area (Å²) in [5.41, 5.74) is 0.225. The molecule has 3 rings (SSSR count). The van der Waals surface area contributed by atoms with Crippen LogP contribution in [-0.4, -0.2) is 31.9 Å². The van der Waals surface area contributed by atoms with Crippen LogP contribution in [0.2, 0.25) is 0 Å². The second kappa shape index (κ2) is 5.91. The van der Waals surface area contributed by atoms with E-state index in [0.29, 0.717) is 23.7 Å². The van der Waals surface area contributed by atoms with Crippen LogP contribution in [0.15, 0.2) is 29.1 Å². The first-order chi connectivity index (χ1) is 11.0. The van der Waals surface area contributed by atoms with E-state index in [9.17, 15) is 19.5 Å². The topological polar surface area (TPSA) is 102 Å². The minimum absolute atomic E-state index is 0.114. The summed E-state index contributed by atoms with van der Waals surface area (Å²) in [6, 6.07) is 6.90. The number of aromatic nitrogens is 3. The molecule has 1 fully saturated rings. The average molecular weight is 315 g/mol. The maximum atomic E-state index is 12.5. The van der Waals surface area contributed by atoms with Gasteiger partial charge in [0.1, 0.15) is 11.3 Å². The van der Waals surface area contributed by atoms with Crippen molar-refractivity contribution in [2.75, 3.05) is 0 Å². The number of fused-ring (bicyclic) bond motifs is 1. The van der Waals surface area contributed by atoms with E-state index in [1.807, 2.05) is 0 Å². The van der Waals surface area contributed by atoms with Gasteiger partial charge in [-0.3, -0.25) is 14.4 Å². The van der Waals surface area contributed by atoms with E-state index in [-0.39, 0.29) is 23.8 Å². The van der Waals surface area contributed by atoms with Crippen LogP contribution in [0.3, 0.4) is 0 Å². The summed E-state index contributed by atoms with van der Waals surface area (Å²) < 4.78 is 1.21.